The van der Waals surface area contributed by atoms with Crippen LogP contribution in [-0.2, 0) is 13.0 Å². The van der Waals surface area contributed by atoms with Crippen LogP contribution in [-0.4, -0.2) is 4.57 Å². The Kier molecular flexibility index (Phi) is 2.75. The lowest BCUT2D eigenvalue weighted by atomic mass is 9.92. The summed E-state index contributed by atoms with van der Waals surface area (Å²) in [5.41, 5.74) is 13.7. The summed E-state index contributed by atoms with van der Waals surface area (Å²) < 4.78 is 26.5. The maximum atomic E-state index is 12.7. The van der Waals surface area contributed by atoms with Gasteiger partial charge in [0.25, 0.3) is 0 Å². The number of alkyl halides is 2. The molecule has 84 valence electrons. The van der Waals surface area contributed by atoms with Crippen LogP contribution in [0.3, 0.4) is 0 Å². The first-order chi connectivity index (χ1) is 7.15. The Balaban J connectivity index is 2.53. The highest BCUT2D eigenvalue weighted by atomic mass is 19.3. The average Bonchev–Trinajstić information content (AvgIpc) is 2.58. The largest absolute Gasteiger partial charge is 0.326 e. The highest BCUT2D eigenvalue weighted by Crippen LogP contribution is 2.34. The van der Waals surface area contributed by atoms with Gasteiger partial charge in [0.15, 0.2) is 0 Å². The molecule has 0 amide bonds. The molecule has 0 bridgehead atoms. The van der Waals surface area contributed by atoms with E-state index in [-0.39, 0.29) is 6.04 Å². The summed E-state index contributed by atoms with van der Waals surface area (Å²) in [4.78, 5) is 0. The van der Waals surface area contributed by atoms with Crippen molar-refractivity contribution >= 4 is 0 Å². The fourth-order valence-corrected chi connectivity index (χ4v) is 2.31. The van der Waals surface area contributed by atoms with Gasteiger partial charge in [-0.25, -0.2) is 0 Å². The molecular formula is C10H15F2N3. The Bertz CT molecular complexity index is 360. The fraction of sp³-hybridized carbons (Fsp3) is 0.600. The molecule has 0 fully saturated rings. The van der Waals surface area contributed by atoms with Crippen LogP contribution in [0.1, 0.15) is 42.3 Å². The quantitative estimate of drug-likeness (QED) is 0.788. The summed E-state index contributed by atoms with van der Waals surface area (Å²) in [5.74, 6) is 0. The maximum Gasteiger partial charge on any atom is 0.318 e. The first-order valence-electron chi connectivity index (χ1n) is 5.11. The van der Waals surface area contributed by atoms with Gasteiger partial charge >= 0.3 is 6.55 Å². The molecule has 5 heteroatoms. The molecule has 1 atom stereocenters. The summed E-state index contributed by atoms with van der Waals surface area (Å²) >= 11 is 0. The summed E-state index contributed by atoms with van der Waals surface area (Å²) in [6.45, 7) is -2.22. The van der Waals surface area contributed by atoms with Crippen LogP contribution in [0.25, 0.3) is 0 Å². The van der Waals surface area contributed by atoms with Crippen LogP contribution in [0.2, 0.25) is 0 Å². The van der Waals surface area contributed by atoms with Crippen LogP contribution in [0.15, 0.2) is 6.20 Å². The average molecular weight is 215 g/mol. The van der Waals surface area contributed by atoms with Crippen LogP contribution in [0, 0.1) is 0 Å². The van der Waals surface area contributed by atoms with Crippen molar-refractivity contribution in [2.24, 2.45) is 11.5 Å². The van der Waals surface area contributed by atoms with Gasteiger partial charge in [0.1, 0.15) is 0 Å². The molecule has 4 N–H and O–H groups in total. The minimum absolute atomic E-state index is 0.275. The van der Waals surface area contributed by atoms with Gasteiger partial charge in [-0.05, 0) is 30.4 Å². The fourth-order valence-electron chi connectivity index (χ4n) is 2.31. The molecule has 0 aromatic carbocycles. The number of fused-ring (bicyclic) bond motifs is 1. The monoisotopic (exact) mass is 215 g/mol. The zero-order valence-electron chi connectivity index (χ0n) is 8.42. The molecule has 0 saturated carbocycles. The number of halogens is 2. The van der Waals surface area contributed by atoms with Crippen molar-refractivity contribution in [3.05, 3.63) is 23.0 Å². The summed E-state index contributed by atoms with van der Waals surface area (Å²) in [5, 5.41) is 0. The minimum atomic E-state index is -2.52. The van der Waals surface area contributed by atoms with Gasteiger partial charge in [-0.1, -0.05) is 0 Å². The number of hydrogen-bond acceptors (Lipinski definition) is 2. The number of rotatable bonds is 2. The van der Waals surface area contributed by atoms with Crippen molar-refractivity contribution in [1.29, 1.82) is 0 Å². The summed E-state index contributed by atoms with van der Waals surface area (Å²) in [6, 6.07) is -0.275. The third-order valence-electron chi connectivity index (χ3n) is 2.99. The molecule has 15 heavy (non-hydrogen) atoms. The number of nitrogens with zero attached hydrogens (tertiary/aromatic N) is 1. The predicted molar refractivity (Wildman–Crippen MR) is 53.4 cm³/mol. The second-order valence-electron chi connectivity index (χ2n) is 3.91. The van der Waals surface area contributed by atoms with E-state index in [0.717, 1.165) is 35.0 Å². The van der Waals surface area contributed by atoms with Gasteiger partial charge in [0.2, 0.25) is 0 Å². The third kappa shape index (κ3) is 1.66. The van der Waals surface area contributed by atoms with Crippen molar-refractivity contribution < 1.29 is 8.78 Å². The van der Waals surface area contributed by atoms with Crippen molar-refractivity contribution in [3.8, 4) is 0 Å². The van der Waals surface area contributed by atoms with Crippen LogP contribution < -0.4 is 11.5 Å². The Morgan fingerprint density at radius 2 is 2.27 bits per heavy atom. The first-order valence-corrected chi connectivity index (χ1v) is 5.11. The van der Waals surface area contributed by atoms with Crippen molar-refractivity contribution in [2.75, 3.05) is 0 Å². The van der Waals surface area contributed by atoms with Crippen LogP contribution >= 0.6 is 0 Å². The van der Waals surface area contributed by atoms with Crippen LogP contribution in [0.4, 0.5) is 8.78 Å². The van der Waals surface area contributed by atoms with Crippen molar-refractivity contribution in [2.45, 2.75) is 38.4 Å². The van der Waals surface area contributed by atoms with Gasteiger partial charge in [-0.15, -0.1) is 0 Å². The van der Waals surface area contributed by atoms with Crippen molar-refractivity contribution in [3.63, 3.8) is 0 Å². The van der Waals surface area contributed by atoms with Crippen LogP contribution in [0.5, 0.6) is 0 Å². The van der Waals surface area contributed by atoms with E-state index in [1.54, 1.807) is 0 Å². The second kappa shape index (κ2) is 3.90. The Morgan fingerprint density at radius 3 is 2.87 bits per heavy atom. The molecule has 1 aliphatic carbocycles. The van der Waals surface area contributed by atoms with Gasteiger partial charge in [0, 0.05) is 24.5 Å². The molecule has 1 aliphatic rings. The Hall–Kier alpha value is -0.940. The maximum absolute atomic E-state index is 12.7. The molecule has 0 radical (unpaired) electrons. The molecule has 1 unspecified atom stereocenters. The predicted octanol–water partition coefficient (Wildman–Crippen LogP) is 1.68. The van der Waals surface area contributed by atoms with Gasteiger partial charge < -0.3 is 11.5 Å². The topological polar surface area (TPSA) is 57.0 Å². The molecule has 0 spiro atoms. The summed E-state index contributed by atoms with van der Waals surface area (Å²) in [7, 11) is 0. The molecule has 1 heterocycles. The zero-order chi connectivity index (χ0) is 11.0. The zero-order valence-corrected chi connectivity index (χ0v) is 8.42. The first kappa shape index (κ1) is 10.6. The second-order valence-corrected chi connectivity index (χ2v) is 3.91. The third-order valence-corrected chi connectivity index (χ3v) is 2.99. The van der Waals surface area contributed by atoms with Gasteiger partial charge in [-0.2, -0.15) is 8.78 Å². The van der Waals surface area contributed by atoms with E-state index in [4.69, 9.17) is 11.5 Å². The van der Waals surface area contributed by atoms with E-state index in [2.05, 4.69) is 0 Å². The van der Waals surface area contributed by atoms with E-state index in [0.29, 0.717) is 12.2 Å². The van der Waals surface area contributed by atoms with Crippen molar-refractivity contribution in [1.82, 2.24) is 4.57 Å². The normalized spacial score (nSPS) is 20.7. The minimum Gasteiger partial charge on any atom is -0.326 e. The lowest BCUT2D eigenvalue weighted by Crippen LogP contribution is -2.21. The lowest BCUT2D eigenvalue weighted by molar-refractivity contribution is 0.0658. The highest BCUT2D eigenvalue weighted by molar-refractivity contribution is 5.36. The smallest absolute Gasteiger partial charge is 0.318 e. The van der Waals surface area contributed by atoms with E-state index >= 15 is 0 Å². The molecule has 2 rings (SSSR count). The SMILES string of the molecule is NCc1cn(C(F)F)c2c1CCCC2N. The number of nitrogens with two attached hydrogens (primary N) is 2. The van der Waals surface area contributed by atoms with Gasteiger partial charge in [-0.3, -0.25) is 4.57 Å². The Labute approximate surface area is 87.0 Å². The standard InChI is InChI=1S/C10H15F2N3/c11-10(12)15-5-6(4-13)7-2-1-3-8(14)9(7)15/h5,8,10H,1-4,13-14H2. The molecule has 3 nitrogen and oxygen atoms in total. The highest BCUT2D eigenvalue weighted by Gasteiger charge is 2.26. The number of aromatic nitrogens is 1. The van der Waals surface area contributed by atoms with E-state index in [1.165, 1.54) is 6.20 Å². The molecule has 0 saturated heterocycles. The number of hydrogen-bond donors (Lipinski definition) is 2. The Morgan fingerprint density at radius 1 is 1.53 bits per heavy atom. The lowest BCUT2D eigenvalue weighted by Gasteiger charge is -2.22. The molecule has 0 aliphatic heterocycles. The van der Waals surface area contributed by atoms with E-state index in [9.17, 15) is 8.78 Å². The molecule has 1 aromatic rings. The van der Waals surface area contributed by atoms with Gasteiger partial charge in [0.05, 0.1) is 0 Å². The molecular weight excluding hydrogens is 200 g/mol. The summed E-state index contributed by atoms with van der Waals surface area (Å²) in [6.07, 6.45) is 3.98. The van der Waals surface area contributed by atoms with E-state index in [1.807, 2.05) is 0 Å². The van der Waals surface area contributed by atoms with E-state index < -0.39 is 6.55 Å². The molecule has 1 aromatic heterocycles.